The molecular weight excluding hydrogens is 342 g/mol. The summed E-state index contributed by atoms with van der Waals surface area (Å²) in [5.41, 5.74) is 4.06. The van der Waals surface area contributed by atoms with E-state index in [-0.39, 0.29) is 11.8 Å². The van der Waals surface area contributed by atoms with Crippen LogP contribution in [0.25, 0.3) is 11.5 Å². The Morgan fingerprint density at radius 2 is 2.11 bits per heavy atom. The van der Waals surface area contributed by atoms with Crippen molar-refractivity contribution in [3.05, 3.63) is 34.7 Å². The molecule has 0 spiro atoms. The highest BCUT2D eigenvalue weighted by atomic mass is 16.5. The van der Waals surface area contributed by atoms with Crippen molar-refractivity contribution in [1.29, 1.82) is 0 Å². The average Bonchev–Trinajstić information content (AvgIpc) is 3.24. The first-order valence-electron chi connectivity index (χ1n) is 9.54. The maximum atomic E-state index is 12.0. The van der Waals surface area contributed by atoms with E-state index in [1.54, 1.807) is 7.11 Å². The molecule has 0 saturated carbocycles. The summed E-state index contributed by atoms with van der Waals surface area (Å²) in [6, 6.07) is 4.07. The van der Waals surface area contributed by atoms with Gasteiger partial charge in [0, 0.05) is 25.2 Å². The Bertz CT molecular complexity index is 828. The number of oxazole rings is 1. The van der Waals surface area contributed by atoms with Crippen molar-refractivity contribution in [3.63, 3.8) is 0 Å². The van der Waals surface area contributed by atoms with Gasteiger partial charge in [-0.1, -0.05) is 0 Å². The van der Waals surface area contributed by atoms with Crippen LogP contribution in [-0.2, 0) is 11.3 Å². The third-order valence-corrected chi connectivity index (χ3v) is 5.23. The van der Waals surface area contributed by atoms with Crippen LogP contribution < -0.4 is 10.1 Å². The van der Waals surface area contributed by atoms with Gasteiger partial charge in [0.25, 0.3) is 0 Å². The van der Waals surface area contributed by atoms with Gasteiger partial charge in [0.2, 0.25) is 11.8 Å². The minimum atomic E-state index is 0.0723. The summed E-state index contributed by atoms with van der Waals surface area (Å²) in [5, 5.41) is 2.92. The molecule has 0 aliphatic carbocycles. The minimum Gasteiger partial charge on any atom is -0.496 e. The monoisotopic (exact) mass is 371 g/mol. The molecule has 1 aromatic carbocycles. The predicted molar refractivity (Wildman–Crippen MR) is 105 cm³/mol. The van der Waals surface area contributed by atoms with E-state index in [1.165, 1.54) is 0 Å². The Hall–Kier alpha value is -2.34. The quantitative estimate of drug-likeness (QED) is 0.844. The van der Waals surface area contributed by atoms with Crippen molar-refractivity contribution in [2.75, 3.05) is 26.7 Å². The lowest BCUT2D eigenvalue weighted by molar-refractivity contribution is -0.124. The highest BCUT2D eigenvalue weighted by Gasteiger charge is 2.29. The number of rotatable bonds is 6. The number of aryl methyl sites for hydroxylation is 3. The van der Waals surface area contributed by atoms with Crippen LogP contribution in [0, 0.1) is 26.7 Å². The Kier molecular flexibility index (Phi) is 5.85. The first-order chi connectivity index (χ1) is 12.9. The number of nitrogens with one attached hydrogen (secondary N) is 1. The van der Waals surface area contributed by atoms with Crippen molar-refractivity contribution in [2.45, 2.75) is 40.7 Å². The average molecular weight is 371 g/mol. The second-order valence-corrected chi connectivity index (χ2v) is 7.27. The van der Waals surface area contributed by atoms with E-state index in [4.69, 9.17) is 14.1 Å². The number of carbonyl (C=O) groups is 1. The van der Waals surface area contributed by atoms with Crippen LogP contribution in [0.1, 0.15) is 35.9 Å². The molecule has 1 amide bonds. The standard InChI is InChI=1S/C21H29N3O3/c1-6-22-20(25)16-7-8-24(11-16)12-18-15(4)27-21(23-18)17-9-14(3)19(26-5)10-13(17)2/h9-10,16H,6-8,11-12H2,1-5H3,(H,22,25)/t16-/m0/s1. The van der Waals surface area contributed by atoms with Crippen molar-refractivity contribution in [1.82, 2.24) is 15.2 Å². The van der Waals surface area contributed by atoms with E-state index in [0.29, 0.717) is 19.0 Å². The highest BCUT2D eigenvalue weighted by Crippen LogP contribution is 2.31. The van der Waals surface area contributed by atoms with Gasteiger partial charge in [0.15, 0.2) is 0 Å². The Morgan fingerprint density at radius 1 is 1.33 bits per heavy atom. The van der Waals surface area contributed by atoms with Gasteiger partial charge in [-0.3, -0.25) is 9.69 Å². The normalized spacial score (nSPS) is 17.3. The fourth-order valence-electron chi connectivity index (χ4n) is 3.65. The molecule has 6 nitrogen and oxygen atoms in total. The zero-order valence-electron chi connectivity index (χ0n) is 16.9. The van der Waals surface area contributed by atoms with Crippen LogP contribution in [0.5, 0.6) is 5.75 Å². The number of benzene rings is 1. The molecule has 3 rings (SSSR count). The van der Waals surface area contributed by atoms with Crippen molar-refractivity contribution in [3.8, 4) is 17.2 Å². The maximum absolute atomic E-state index is 12.0. The van der Waals surface area contributed by atoms with Gasteiger partial charge < -0.3 is 14.5 Å². The summed E-state index contributed by atoms with van der Waals surface area (Å²) in [6.45, 7) is 11.0. The third kappa shape index (κ3) is 4.16. The van der Waals surface area contributed by atoms with Gasteiger partial charge in [-0.15, -0.1) is 0 Å². The van der Waals surface area contributed by atoms with E-state index >= 15 is 0 Å². The van der Waals surface area contributed by atoms with Gasteiger partial charge in [-0.2, -0.15) is 0 Å². The number of nitrogens with zero attached hydrogens (tertiary/aromatic N) is 2. The Balaban J connectivity index is 1.74. The predicted octanol–water partition coefficient (Wildman–Crippen LogP) is 3.23. The van der Waals surface area contributed by atoms with Crippen LogP contribution in [0.2, 0.25) is 0 Å². The van der Waals surface area contributed by atoms with Crippen LogP contribution >= 0.6 is 0 Å². The van der Waals surface area contributed by atoms with Crippen LogP contribution in [0.4, 0.5) is 0 Å². The van der Waals surface area contributed by atoms with Gasteiger partial charge in [-0.05, 0) is 63.9 Å². The Labute approximate surface area is 160 Å². The summed E-state index contributed by atoms with van der Waals surface area (Å²) in [6.07, 6.45) is 0.895. The number of amides is 1. The topological polar surface area (TPSA) is 67.6 Å². The summed E-state index contributed by atoms with van der Waals surface area (Å²) in [5.74, 6) is 2.57. The molecule has 27 heavy (non-hydrogen) atoms. The number of ether oxygens (including phenoxy) is 1. The number of carbonyl (C=O) groups excluding carboxylic acids is 1. The fraction of sp³-hybridized carbons (Fsp3) is 0.524. The molecule has 6 heteroatoms. The second kappa shape index (κ2) is 8.13. The molecule has 1 aliphatic heterocycles. The maximum Gasteiger partial charge on any atom is 0.226 e. The SMILES string of the molecule is CCNC(=O)[C@H]1CCN(Cc2nc(-c3cc(C)c(OC)cc3C)oc2C)C1. The van der Waals surface area contributed by atoms with Crippen molar-refractivity contribution in [2.24, 2.45) is 5.92 Å². The molecule has 0 radical (unpaired) electrons. The molecule has 1 saturated heterocycles. The largest absolute Gasteiger partial charge is 0.496 e. The highest BCUT2D eigenvalue weighted by molar-refractivity contribution is 5.79. The lowest BCUT2D eigenvalue weighted by atomic mass is 10.0. The first-order valence-corrected chi connectivity index (χ1v) is 9.54. The number of hydrogen-bond acceptors (Lipinski definition) is 5. The van der Waals surface area contributed by atoms with Gasteiger partial charge in [0.1, 0.15) is 11.5 Å². The number of hydrogen-bond donors (Lipinski definition) is 1. The third-order valence-electron chi connectivity index (χ3n) is 5.23. The summed E-state index contributed by atoms with van der Waals surface area (Å²) >= 11 is 0. The van der Waals surface area contributed by atoms with E-state index in [0.717, 1.165) is 53.4 Å². The second-order valence-electron chi connectivity index (χ2n) is 7.27. The molecule has 0 bridgehead atoms. The molecule has 2 aromatic rings. The van der Waals surface area contributed by atoms with E-state index < -0.39 is 0 Å². The number of methoxy groups -OCH3 is 1. The molecule has 0 unspecified atom stereocenters. The lowest BCUT2D eigenvalue weighted by Crippen LogP contribution is -2.32. The van der Waals surface area contributed by atoms with Gasteiger partial charge in [0.05, 0.1) is 18.7 Å². The molecular formula is C21H29N3O3. The Morgan fingerprint density at radius 3 is 2.81 bits per heavy atom. The molecule has 1 atom stereocenters. The minimum absolute atomic E-state index is 0.0723. The van der Waals surface area contributed by atoms with Crippen molar-refractivity contribution >= 4 is 5.91 Å². The molecule has 1 aromatic heterocycles. The molecule has 1 N–H and O–H groups in total. The van der Waals surface area contributed by atoms with E-state index in [1.807, 2.05) is 33.8 Å². The molecule has 1 fully saturated rings. The van der Waals surface area contributed by atoms with Gasteiger partial charge in [-0.25, -0.2) is 4.98 Å². The van der Waals surface area contributed by atoms with E-state index in [2.05, 4.69) is 16.3 Å². The summed E-state index contributed by atoms with van der Waals surface area (Å²) in [7, 11) is 1.68. The number of aromatic nitrogens is 1. The van der Waals surface area contributed by atoms with Crippen LogP contribution in [0.15, 0.2) is 16.5 Å². The fourth-order valence-corrected chi connectivity index (χ4v) is 3.65. The smallest absolute Gasteiger partial charge is 0.226 e. The summed E-state index contributed by atoms with van der Waals surface area (Å²) < 4.78 is 11.4. The zero-order chi connectivity index (χ0) is 19.6. The van der Waals surface area contributed by atoms with Crippen LogP contribution in [-0.4, -0.2) is 42.5 Å². The number of likely N-dealkylation sites (tertiary alicyclic amines) is 1. The molecule has 146 valence electrons. The molecule has 1 aliphatic rings. The molecule has 2 heterocycles. The first kappa shape index (κ1) is 19.4. The van der Waals surface area contributed by atoms with E-state index in [9.17, 15) is 4.79 Å². The van der Waals surface area contributed by atoms with Crippen LogP contribution in [0.3, 0.4) is 0 Å². The lowest BCUT2D eigenvalue weighted by Gasteiger charge is -2.14. The van der Waals surface area contributed by atoms with Gasteiger partial charge >= 0.3 is 0 Å². The summed E-state index contributed by atoms with van der Waals surface area (Å²) in [4.78, 5) is 19.1. The van der Waals surface area contributed by atoms with Crippen molar-refractivity contribution < 1.29 is 13.9 Å². The zero-order valence-corrected chi connectivity index (χ0v) is 16.9.